The first kappa shape index (κ1) is 20.2. The lowest BCUT2D eigenvalue weighted by molar-refractivity contribution is -0.384. The molecule has 0 aliphatic carbocycles. The molecular formula is C22H17BrN2O5. The number of amides is 2. The minimum absolute atomic E-state index is 0.0470. The fraction of sp³-hybridized carbons (Fsp3) is 0.182. The molecule has 30 heavy (non-hydrogen) atoms. The van der Waals surface area contributed by atoms with Crippen LogP contribution in [0.15, 0.2) is 46.9 Å². The summed E-state index contributed by atoms with van der Waals surface area (Å²) in [5.41, 5.74) is 2.14. The number of hydrogen-bond donors (Lipinski definition) is 1. The number of nitrogens with zero attached hydrogens (tertiary/aromatic N) is 2. The molecule has 8 heteroatoms. The summed E-state index contributed by atoms with van der Waals surface area (Å²) in [7, 11) is 0. The molecule has 0 atom stereocenters. The minimum Gasteiger partial charge on any atom is -0.396 e. The Balaban J connectivity index is 2.08. The van der Waals surface area contributed by atoms with Crippen LogP contribution >= 0.6 is 15.9 Å². The molecule has 0 unspecified atom stereocenters. The van der Waals surface area contributed by atoms with Gasteiger partial charge in [0.2, 0.25) is 0 Å². The van der Waals surface area contributed by atoms with Gasteiger partial charge in [0, 0.05) is 34.6 Å². The molecule has 1 heterocycles. The summed E-state index contributed by atoms with van der Waals surface area (Å²) in [6, 6.07) is 11.7. The van der Waals surface area contributed by atoms with Crippen LogP contribution in [0.2, 0.25) is 0 Å². The zero-order valence-corrected chi connectivity index (χ0v) is 17.6. The number of hydrogen-bond acceptors (Lipinski definition) is 5. The number of nitro benzene ring substituents is 1. The highest BCUT2D eigenvalue weighted by molar-refractivity contribution is 9.10. The maximum absolute atomic E-state index is 13.0. The molecule has 4 rings (SSSR count). The number of aliphatic hydroxyl groups excluding tert-OH is 1. The van der Waals surface area contributed by atoms with E-state index in [9.17, 15) is 19.7 Å². The van der Waals surface area contributed by atoms with Crippen molar-refractivity contribution in [1.82, 2.24) is 4.90 Å². The molecule has 152 valence electrons. The Morgan fingerprint density at radius 3 is 2.47 bits per heavy atom. The van der Waals surface area contributed by atoms with Crippen LogP contribution in [0, 0.1) is 17.0 Å². The van der Waals surface area contributed by atoms with Crippen molar-refractivity contribution < 1.29 is 19.6 Å². The highest BCUT2D eigenvalue weighted by atomic mass is 79.9. The lowest BCUT2D eigenvalue weighted by atomic mass is 9.86. The molecule has 1 aliphatic rings. The standard InChI is InChI=1S/C22H17BrN2O5/c1-12-10-13(23)6-7-14(12)20-15-4-2-5-16-19(15)17(11-18(20)25(29)30)22(28)24(21(16)27)8-3-9-26/h2,4-7,10-11,26H,3,8-9H2,1H3. The van der Waals surface area contributed by atoms with E-state index in [1.165, 1.54) is 6.07 Å². The van der Waals surface area contributed by atoms with Crippen LogP contribution < -0.4 is 0 Å². The van der Waals surface area contributed by atoms with Crippen molar-refractivity contribution in [2.24, 2.45) is 0 Å². The summed E-state index contributed by atoms with van der Waals surface area (Å²) in [4.78, 5) is 38.6. The van der Waals surface area contributed by atoms with Gasteiger partial charge in [-0.25, -0.2) is 0 Å². The predicted octanol–water partition coefficient (Wildman–Crippen LogP) is 4.46. The maximum atomic E-state index is 13.0. The predicted molar refractivity (Wildman–Crippen MR) is 116 cm³/mol. The molecule has 0 saturated heterocycles. The highest BCUT2D eigenvalue weighted by Gasteiger charge is 2.36. The van der Waals surface area contributed by atoms with Gasteiger partial charge in [0.1, 0.15) is 0 Å². The third kappa shape index (κ3) is 3.09. The van der Waals surface area contributed by atoms with Crippen LogP contribution in [-0.2, 0) is 0 Å². The van der Waals surface area contributed by atoms with E-state index >= 15 is 0 Å². The van der Waals surface area contributed by atoms with Crippen molar-refractivity contribution in [2.75, 3.05) is 13.2 Å². The van der Waals surface area contributed by atoms with Crippen LogP contribution in [0.1, 0.15) is 32.7 Å². The third-order valence-electron chi connectivity index (χ3n) is 5.29. The smallest absolute Gasteiger partial charge is 0.278 e. The summed E-state index contributed by atoms with van der Waals surface area (Å²) in [6.07, 6.45) is 0.237. The van der Waals surface area contributed by atoms with E-state index in [0.29, 0.717) is 27.5 Å². The quantitative estimate of drug-likeness (QED) is 0.338. The van der Waals surface area contributed by atoms with Crippen LogP contribution in [0.5, 0.6) is 0 Å². The van der Waals surface area contributed by atoms with Crippen molar-refractivity contribution >= 4 is 44.2 Å². The van der Waals surface area contributed by atoms with E-state index in [1.807, 2.05) is 13.0 Å². The first-order valence-corrected chi connectivity index (χ1v) is 10.1. The molecule has 0 aromatic heterocycles. The Bertz CT molecular complexity index is 1240. The number of aryl methyl sites for hydroxylation is 1. The van der Waals surface area contributed by atoms with Gasteiger partial charge in [-0.05, 0) is 48.1 Å². The second-order valence-corrected chi connectivity index (χ2v) is 8.02. The van der Waals surface area contributed by atoms with Crippen molar-refractivity contribution in [2.45, 2.75) is 13.3 Å². The number of carbonyl (C=O) groups is 2. The van der Waals surface area contributed by atoms with Gasteiger partial charge in [0.15, 0.2) is 0 Å². The Hall–Kier alpha value is -3.10. The van der Waals surface area contributed by atoms with Gasteiger partial charge >= 0.3 is 0 Å². The van der Waals surface area contributed by atoms with E-state index in [4.69, 9.17) is 5.11 Å². The van der Waals surface area contributed by atoms with Gasteiger partial charge in [0.25, 0.3) is 17.5 Å². The maximum Gasteiger partial charge on any atom is 0.278 e. The molecular weight excluding hydrogens is 452 g/mol. The molecule has 0 bridgehead atoms. The number of aliphatic hydroxyl groups is 1. The molecule has 0 fully saturated rings. The van der Waals surface area contributed by atoms with E-state index in [1.54, 1.807) is 30.3 Å². The Labute approximate surface area is 180 Å². The van der Waals surface area contributed by atoms with Crippen LogP contribution in [-0.4, -0.2) is 39.9 Å². The molecule has 3 aromatic rings. The second-order valence-electron chi connectivity index (χ2n) is 7.10. The van der Waals surface area contributed by atoms with Gasteiger partial charge in [-0.3, -0.25) is 24.6 Å². The first-order chi connectivity index (χ1) is 14.3. The number of carbonyl (C=O) groups excluding carboxylic acids is 2. The summed E-state index contributed by atoms with van der Waals surface area (Å²) in [6.45, 7) is 1.73. The SMILES string of the molecule is Cc1cc(Br)ccc1-c1c([N+](=O)[O-])cc2c3c(cccc13)C(=O)N(CCCO)C2=O. The third-order valence-corrected chi connectivity index (χ3v) is 5.78. The van der Waals surface area contributed by atoms with E-state index in [2.05, 4.69) is 15.9 Å². The molecule has 0 radical (unpaired) electrons. The molecule has 1 aliphatic heterocycles. The molecule has 2 amide bonds. The average Bonchev–Trinajstić information content (AvgIpc) is 2.71. The van der Waals surface area contributed by atoms with Crippen molar-refractivity contribution in [3.63, 3.8) is 0 Å². The van der Waals surface area contributed by atoms with Gasteiger partial charge in [0.05, 0.1) is 16.1 Å². The van der Waals surface area contributed by atoms with Crippen molar-refractivity contribution in [1.29, 1.82) is 0 Å². The van der Waals surface area contributed by atoms with E-state index < -0.39 is 16.7 Å². The number of halogens is 1. The normalized spacial score (nSPS) is 13.2. The monoisotopic (exact) mass is 468 g/mol. The topological polar surface area (TPSA) is 101 Å². The molecule has 0 saturated carbocycles. The largest absolute Gasteiger partial charge is 0.396 e. The van der Waals surface area contributed by atoms with Gasteiger partial charge in [-0.15, -0.1) is 0 Å². The lowest BCUT2D eigenvalue weighted by Crippen LogP contribution is -2.41. The average molecular weight is 469 g/mol. The number of nitro groups is 1. The first-order valence-electron chi connectivity index (χ1n) is 9.33. The molecule has 0 spiro atoms. The van der Waals surface area contributed by atoms with Crippen molar-refractivity contribution in [3.8, 4) is 11.1 Å². The van der Waals surface area contributed by atoms with E-state index in [-0.39, 0.29) is 30.8 Å². The van der Waals surface area contributed by atoms with Gasteiger partial charge < -0.3 is 5.11 Å². The zero-order chi connectivity index (χ0) is 21.6. The molecule has 7 nitrogen and oxygen atoms in total. The fourth-order valence-electron chi connectivity index (χ4n) is 3.97. The summed E-state index contributed by atoms with van der Waals surface area (Å²) < 4.78 is 0.846. The van der Waals surface area contributed by atoms with Gasteiger partial charge in [-0.1, -0.05) is 34.1 Å². The Kier molecular flexibility index (Phi) is 5.13. The summed E-state index contributed by atoms with van der Waals surface area (Å²) in [5, 5.41) is 22.0. The van der Waals surface area contributed by atoms with Gasteiger partial charge in [-0.2, -0.15) is 0 Å². The van der Waals surface area contributed by atoms with Crippen LogP contribution in [0.4, 0.5) is 5.69 Å². The second kappa shape index (κ2) is 7.62. The van der Waals surface area contributed by atoms with Crippen LogP contribution in [0.3, 0.4) is 0 Å². The van der Waals surface area contributed by atoms with Crippen LogP contribution in [0.25, 0.3) is 21.9 Å². The van der Waals surface area contributed by atoms with Crippen molar-refractivity contribution in [3.05, 3.63) is 73.7 Å². The Morgan fingerprint density at radius 2 is 1.80 bits per heavy atom. The summed E-state index contributed by atoms with van der Waals surface area (Å²) >= 11 is 3.41. The number of rotatable bonds is 5. The highest BCUT2D eigenvalue weighted by Crippen LogP contribution is 2.43. The fourth-order valence-corrected chi connectivity index (χ4v) is 4.44. The molecule has 1 N–H and O–H groups in total. The lowest BCUT2D eigenvalue weighted by Gasteiger charge is -2.27. The number of imide groups is 1. The van der Waals surface area contributed by atoms with E-state index in [0.717, 1.165) is 14.9 Å². The molecule has 3 aromatic carbocycles. The minimum atomic E-state index is -0.584. The Morgan fingerprint density at radius 1 is 1.07 bits per heavy atom. The number of benzene rings is 3. The zero-order valence-electron chi connectivity index (χ0n) is 16.0. The summed E-state index contributed by atoms with van der Waals surface area (Å²) in [5.74, 6) is -1.04.